The number of amides is 1. The average molecular weight is 262 g/mol. The number of ether oxygens (including phenoxy) is 1. The van der Waals surface area contributed by atoms with E-state index >= 15 is 0 Å². The van der Waals surface area contributed by atoms with E-state index in [1.807, 2.05) is 18.2 Å². The highest BCUT2D eigenvalue weighted by atomic mass is 16.5. The summed E-state index contributed by atoms with van der Waals surface area (Å²) >= 11 is 0. The molecule has 0 radical (unpaired) electrons. The maximum Gasteiger partial charge on any atom is 0.307 e. The van der Waals surface area contributed by atoms with E-state index in [9.17, 15) is 9.59 Å². The number of benzene rings is 1. The van der Waals surface area contributed by atoms with Crippen molar-refractivity contribution in [3.05, 3.63) is 30.0 Å². The molecular weight excluding hydrogens is 248 g/mol. The van der Waals surface area contributed by atoms with Crippen LogP contribution in [0.1, 0.15) is 12.1 Å². The van der Waals surface area contributed by atoms with E-state index in [0.29, 0.717) is 11.3 Å². The summed E-state index contributed by atoms with van der Waals surface area (Å²) in [7, 11) is 1.31. The molecule has 0 aliphatic rings. The van der Waals surface area contributed by atoms with Gasteiger partial charge in [0.25, 0.3) is 0 Å². The molecule has 0 aliphatic heterocycles. The van der Waals surface area contributed by atoms with Gasteiger partial charge in [-0.3, -0.25) is 9.59 Å². The smallest absolute Gasteiger partial charge is 0.307 e. The second-order valence-corrected chi connectivity index (χ2v) is 3.98. The summed E-state index contributed by atoms with van der Waals surface area (Å²) in [5, 5.41) is 7.32. The Kier molecular flexibility index (Phi) is 4.12. The van der Waals surface area contributed by atoms with Gasteiger partial charge in [0.15, 0.2) is 5.58 Å². The number of esters is 1. The van der Waals surface area contributed by atoms with Gasteiger partial charge in [-0.15, -0.1) is 0 Å². The average Bonchev–Trinajstić information content (AvgIpc) is 2.82. The first-order chi connectivity index (χ1) is 9.20. The molecule has 1 N–H and O–H groups in total. The number of hydrogen-bond acceptors (Lipinski definition) is 5. The van der Waals surface area contributed by atoms with Crippen molar-refractivity contribution in [2.45, 2.75) is 12.8 Å². The number of hydrogen-bond donors (Lipinski definition) is 1. The first-order valence-corrected chi connectivity index (χ1v) is 5.87. The topological polar surface area (TPSA) is 81.4 Å². The zero-order chi connectivity index (χ0) is 13.7. The zero-order valence-corrected chi connectivity index (χ0v) is 10.5. The van der Waals surface area contributed by atoms with Crippen molar-refractivity contribution in [2.75, 3.05) is 13.7 Å². The monoisotopic (exact) mass is 262 g/mol. The Balaban J connectivity index is 1.90. The third-order valence-corrected chi connectivity index (χ3v) is 2.66. The molecule has 0 spiro atoms. The van der Waals surface area contributed by atoms with Gasteiger partial charge in [0.2, 0.25) is 5.91 Å². The Morgan fingerprint density at radius 1 is 1.37 bits per heavy atom. The van der Waals surface area contributed by atoms with Crippen LogP contribution in [0.15, 0.2) is 28.8 Å². The quantitative estimate of drug-likeness (QED) is 0.814. The predicted molar refractivity (Wildman–Crippen MR) is 67.4 cm³/mol. The highest BCUT2D eigenvalue weighted by molar-refractivity contribution is 5.86. The summed E-state index contributed by atoms with van der Waals surface area (Å²) in [6.45, 7) is 0.251. The maximum atomic E-state index is 11.7. The van der Waals surface area contributed by atoms with Crippen LogP contribution in [0.2, 0.25) is 0 Å². The van der Waals surface area contributed by atoms with Crippen LogP contribution in [0.4, 0.5) is 0 Å². The van der Waals surface area contributed by atoms with Crippen molar-refractivity contribution >= 4 is 22.8 Å². The lowest BCUT2D eigenvalue weighted by molar-refractivity contribution is -0.140. The molecule has 6 nitrogen and oxygen atoms in total. The molecule has 0 bridgehead atoms. The Bertz CT molecular complexity index is 591. The Morgan fingerprint density at radius 3 is 2.95 bits per heavy atom. The first-order valence-electron chi connectivity index (χ1n) is 5.87. The van der Waals surface area contributed by atoms with Crippen LogP contribution in [0.5, 0.6) is 0 Å². The van der Waals surface area contributed by atoms with Gasteiger partial charge < -0.3 is 14.6 Å². The third kappa shape index (κ3) is 3.31. The van der Waals surface area contributed by atoms with E-state index in [0.717, 1.165) is 5.39 Å². The molecule has 0 atom stereocenters. The van der Waals surface area contributed by atoms with E-state index in [-0.39, 0.29) is 31.3 Å². The number of carbonyl (C=O) groups is 2. The molecule has 6 heteroatoms. The molecule has 1 aromatic carbocycles. The van der Waals surface area contributed by atoms with Crippen LogP contribution in [-0.2, 0) is 20.7 Å². The van der Waals surface area contributed by atoms with Crippen LogP contribution < -0.4 is 5.32 Å². The SMILES string of the molecule is COC(=O)CCNC(=O)Cc1noc2ccccc12. The largest absolute Gasteiger partial charge is 0.469 e. The highest BCUT2D eigenvalue weighted by Gasteiger charge is 2.12. The number of nitrogens with zero attached hydrogens (tertiary/aromatic N) is 1. The fourth-order valence-corrected chi connectivity index (χ4v) is 1.69. The normalized spacial score (nSPS) is 10.4. The summed E-state index contributed by atoms with van der Waals surface area (Å²) < 4.78 is 9.58. The van der Waals surface area contributed by atoms with Crippen molar-refractivity contribution in [2.24, 2.45) is 0 Å². The van der Waals surface area contributed by atoms with Gasteiger partial charge in [0.05, 0.1) is 20.0 Å². The van der Waals surface area contributed by atoms with Gasteiger partial charge in [-0.2, -0.15) is 0 Å². The van der Waals surface area contributed by atoms with Gasteiger partial charge in [0.1, 0.15) is 5.69 Å². The minimum Gasteiger partial charge on any atom is -0.469 e. The number of para-hydroxylation sites is 1. The summed E-state index contributed by atoms with van der Waals surface area (Å²) in [6, 6.07) is 7.34. The van der Waals surface area contributed by atoms with Gasteiger partial charge in [-0.05, 0) is 12.1 Å². The van der Waals surface area contributed by atoms with Crippen LogP contribution in [0.3, 0.4) is 0 Å². The van der Waals surface area contributed by atoms with Crippen molar-refractivity contribution in [1.82, 2.24) is 10.5 Å². The van der Waals surface area contributed by atoms with Crippen molar-refractivity contribution in [3.63, 3.8) is 0 Å². The van der Waals surface area contributed by atoms with Crippen LogP contribution in [0, 0.1) is 0 Å². The highest BCUT2D eigenvalue weighted by Crippen LogP contribution is 2.17. The molecule has 19 heavy (non-hydrogen) atoms. The molecule has 0 saturated heterocycles. The molecule has 1 heterocycles. The summed E-state index contributed by atoms with van der Waals surface area (Å²) in [5.41, 5.74) is 1.24. The fraction of sp³-hybridized carbons (Fsp3) is 0.308. The lowest BCUT2D eigenvalue weighted by atomic mass is 10.1. The molecule has 2 rings (SSSR count). The Morgan fingerprint density at radius 2 is 2.16 bits per heavy atom. The minimum absolute atomic E-state index is 0.123. The van der Waals surface area contributed by atoms with Gasteiger partial charge in [0, 0.05) is 11.9 Å². The molecular formula is C13H14N2O4. The lowest BCUT2D eigenvalue weighted by Gasteiger charge is -2.02. The number of aromatic nitrogens is 1. The Labute approximate surface area is 109 Å². The van der Waals surface area contributed by atoms with E-state index < -0.39 is 0 Å². The van der Waals surface area contributed by atoms with E-state index in [1.165, 1.54) is 7.11 Å². The lowest BCUT2D eigenvalue weighted by Crippen LogP contribution is -2.27. The first kappa shape index (κ1) is 13.1. The molecule has 2 aromatic rings. The summed E-state index contributed by atoms with van der Waals surface area (Å²) in [5.74, 6) is -0.560. The molecule has 0 saturated carbocycles. The standard InChI is InChI=1S/C13H14N2O4/c1-18-13(17)6-7-14-12(16)8-10-9-4-2-3-5-11(9)19-15-10/h2-5H,6-8H2,1H3,(H,14,16). The molecule has 0 fully saturated rings. The van der Waals surface area contributed by atoms with E-state index in [4.69, 9.17) is 4.52 Å². The molecule has 0 unspecified atom stereocenters. The fourth-order valence-electron chi connectivity index (χ4n) is 1.69. The molecule has 100 valence electrons. The van der Waals surface area contributed by atoms with Crippen LogP contribution in [0.25, 0.3) is 11.0 Å². The number of methoxy groups -OCH3 is 1. The Hall–Kier alpha value is -2.37. The molecule has 1 amide bonds. The van der Waals surface area contributed by atoms with Gasteiger partial charge in [-0.25, -0.2) is 0 Å². The van der Waals surface area contributed by atoms with E-state index in [1.54, 1.807) is 6.07 Å². The maximum absolute atomic E-state index is 11.7. The second-order valence-electron chi connectivity index (χ2n) is 3.98. The summed E-state index contributed by atoms with van der Waals surface area (Å²) in [4.78, 5) is 22.6. The van der Waals surface area contributed by atoms with Crippen molar-refractivity contribution < 1.29 is 18.8 Å². The predicted octanol–water partition coefficient (Wildman–Crippen LogP) is 1.05. The number of nitrogens with one attached hydrogen (secondary N) is 1. The molecule has 1 aromatic heterocycles. The number of carbonyl (C=O) groups excluding carboxylic acids is 2. The van der Waals surface area contributed by atoms with Crippen LogP contribution >= 0.6 is 0 Å². The van der Waals surface area contributed by atoms with Crippen molar-refractivity contribution in [1.29, 1.82) is 0 Å². The van der Waals surface area contributed by atoms with Crippen molar-refractivity contribution in [3.8, 4) is 0 Å². The van der Waals surface area contributed by atoms with Gasteiger partial charge >= 0.3 is 5.97 Å². The third-order valence-electron chi connectivity index (χ3n) is 2.66. The van der Waals surface area contributed by atoms with E-state index in [2.05, 4.69) is 15.2 Å². The van der Waals surface area contributed by atoms with Crippen LogP contribution in [-0.4, -0.2) is 30.7 Å². The number of rotatable bonds is 5. The zero-order valence-electron chi connectivity index (χ0n) is 10.5. The number of fused-ring (bicyclic) bond motifs is 1. The second kappa shape index (κ2) is 5.99. The molecule has 0 aliphatic carbocycles. The minimum atomic E-state index is -0.354. The van der Waals surface area contributed by atoms with Gasteiger partial charge in [-0.1, -0.05) is 17.3 Å². The summed E-state index contributed by atoms with van der Waals surface area (Å²) in [6.07, 6.45) is 0.278.